The average molecular weight is 479 g/mol. The lowest BCUT2D eigenvalue weighted by Crippen LogP contribution is -2.52. The van der Waals surface area contributed by atoms with Gasteiger partial charge >= 0.3 is 11.9 Å². The van der Waals surface area contributed by atoms with Gasteiger partial charge in [0.25, 0.3) is 0 Å². The van der Waals surface area contributed by atoms with E-state index in [0.717, 1.165) is 56.9 Å². The number of hydrogen-bond acceptors (Lipinski definition) is 5. The second kappa shape index (κ2) is 6.70. The van der Waals surface area contributed by atoms with Gasteiger partial charge in [-0.15, -0.1) is 0 Å². The molecule has 2 heterocycles. The molecule has 0 unspecified atom stereocenters. The topological polar surface area (TPSA) is 72.8 Å². The summed E-state index contributed by atoms with van der Waals surface area (Å²) in [5.74, 6) is 0.849. The Morgan fingerprint density at radius 3 is 2.49 bits per heavy atom. The number of ether oxygens (including phenoxy) is 2. The molecule has 0 radical (unpaired) electrons. The first kappa shape index (κ1) is 22.3. The smallest absolute Gasteiger partial charge is 0.334 e. The molecule has 5 heteroatoms. The Morgan fingerprint density at radius 2 is 1.71 bits per heavy atom. The first-order chi connectivity index (χ1) is 16.5. The van der Waals surface area contributed by atoms with Gasteiger partial charge in [-0.2, -0.15) is 0 Å². The average Bonchev–Trinajstić information content (AvgIpc) is 3.47. The van der Waals surface area contributed by atoms with Gasteiger partial charge in [-0.05, 0) is 82.5 Å². The highest BCUT2D eigenvalue weighted by atomic mass is 16.6. The molecule has 188 valence electrons. The van der Waals surface area contributed by atoms with Crippen LogP contribution in [0.3, 0.4) is 0 Å². The molecule has 4 saturated carbocycles. The number of aliphatic hydroxyl groups is 1. The molecule has 5 nitrogen and oxygen atoms in total. The maximum atomic E-state index is 14.2. The molecule has 0 aromatic heterocycles. The summed E-state index contributed by atoms with van der Waals surface area (Å²) in [7, 11) is 0. The van der Waals surface area contributed by atoms with Crippen LogP contribution in [-0.4, -0.2) is 34.9 Å². The number of hydrogen-bond donors (Lipinski definition) is 1. The Kier molecular flexibility index (Phi) is 4.28. The van der Waals surface area contributed by atoms with E-state index in [1.54, 1.807) is 0 Å². The molecule has 2 spiro atoms. The minimum absolute atomic E-state index is 0.00718. The van der Waals surface area contributed by atoms with Crippen LogP contribution in [0, 0.1) is 46.3 Å². The Hall–Kier alpha value is -1.88. The van der Waals surface area contributed by atoms with Crippen molar-refractivity contribution in [3.05, 3.63) is 35.5 Å². The van der Waals surface area contributed by atoms with Gasteiger partial charge in [0.05, 0.1) is 11.0 Å². The summed E-state index contributed by atoms with van der Waals surface area (Å²) in [5, 5.41) is 11.4. The second-order valence-electron chi connectivity index (χ2n) is 13.4. The number of carbonyl (C=O) groups is 2. The van der Waals surface area contributed by atoms with Gasteiger partial charge < -0.3 is 14.6 Å². The standard InChI is InChI=1S/C30H38O5/c1-14-8-25-23(11-22-19(14)6-7-28(22,5)33)30(27(32)35-25)13-18-12-29(30)15(2)9-24-20(10-21(29)16(18)3)17(4)26(31)34-24/h15,18-20,22-25,33H,1,4,6-13H2,2-3,5H3/t15-,18-,19+,20+,22+,23-,24-,25-,28+,29+,30+/m0/s1. The fraction of sp³-hybridized carbons (Fsp3) is 0.733. The van der Waals surface area contributed by atoms with Crippen molar-refractivity contribution in [2.24, 2.45) is 46.3 Å². The summed E-state index contributed by atoms with van der Waals surface area (Å²) >= 11 is 0. The van der Waals surface area contributed by atoms with E-state index in [-0.39, 0.29) is 53.2 Å². The third kappa shape index (κ3) is 2.45. The van der Waals surface area contributed by atoms with Crippen molar-refractivity contribution in [3.8, 4) is 0 Å². The molecule has 0 amide bonds. The van der Waals surface area contributed by atoms with Gasteiger partial charge in [-0.25, -0.2) is 4.79 Å². The lowest BCUT2D eigenvalue weighted by Gasteiger charge is -2.51. The van der Waals surface area contributed by atoms with Crippen molar-refractivity contribution in [1.29, 1.82) is 0 Å². The molecule has 2 saturated heterocycles. The lowest BCUT2D eigenvalue weighted by molar-refractivity contribution is -0.156. The van der Waals surface area contributed by atoms with Gasteiger partial charge in [0, 0.05) is 29.2 Å². The zero-order chi connectivity index (χ0) is 24.7. The van der Waals surface area contributed by atoms with Crippen LogP contribution in [0.1, 0.15) is 72.1 Å². The van der Waals surface area contributed by atoms with Gasteiger partial charge in [-0.3, -0.25) is 4.79 Å². The van der Waals surface area contributed by atoms with E-state index in [4.69, 9.17) is 9.47 Å². The Labute approximate surface area is 208 Å². The maximum absolute atomic E-state index is 14.2. The van der Waals surface area contributed by atoms with Crippen molar-refractivity contribution < 1.29 is 24.2 Å². The van der Waals surface area contributed by atoms with Crippen LogP contribution in [0.5, 0.6) is 0 Å². The molecule has 35 heavy (non-hydrogen) atoms. The molecule has 0 aromatic carbocycles. The SMILES string of the molecule is C=C1C(=O)O[C@H]2C[C@H](C)[C@@]34C[C@@H](C[C@@]35C(=O)O[C@H]3CC(=C)[C@H]6CC[C@@](C)(O)[C@@H]6C[C@@H]35)C(C)=C4C[C@H]12. The van der Waals surface area contributed by atoms with E-state index in [0.29, 0.717) is 17.4 Å². The predicted molar refractivity (Wildman–Crippen MR) is 130 cm³/mol. The monoisotopic (exact) mass is 478 g/mol. The van der Waals surface area contributed by atoms with Crippen molar-refractivity contribution in [2.75, 3.05) is 0 Å². The van der Waals surface area contributed by atoms with Gasteiger partial charge in [0.2, 0.25) is 0 Å². The first-order valence-electron chi connectivity index (χ1n) is 13.7. The highest BCUT2D eigenvalue weighted by Crippen LogP contribution is 2.78. The van der Waals surface area contributed by atoms with Crippen LogP contribution in [0.25, 0.3) is 0 Å². The van der Waals surface area contributed by atoms with E-state index < -0.39 is 11.0 Å². The summed E-state index contributed by atoms with van der Waals surface area (Å²) in [4.78, 5) is 26.5. The van der Waals surface area contributed by atoms with E-state index in [1.807, 2.05) is 6.92 Å². The predicted octanol–water partition coefficient (Wildman–Crippen LogP) is 4.90. The number of fused-ring (bicyclic) bond motifs is 5. The van der Waals surface area contributed by atoms with Gasteiger partial charge in [-0.1, -0.05) is 36.8 Å². The molecule has 11 atom stereocenters. The third-order valence-corrected chi connectivity index (χ3v) is 12.3. The fourth-order valence-corrected chi connectivity index (χ4v) is 10.6. The first-order valence-corrected chi connectivity index (χ1v) is 13.7. The summed E-state index contributed by atoms with van der Waals surface area (Å²) in [5.41, 5.74) is 3.02. The number of rotatable bonds is 0. The molecule has 2 aliphatic heterocycles. The summed E-state index contributed by atoms with van der Waals surface area (Å²) < 4.78 is 12.1. The van der Waals surface area contributed by atoms with Crippen LogP contribution in [0.15, 0.2) is 35.5 Å². The minimum Gasteiger partial charge on any atom is -0.461 e. The molecule has 0 aromatic rings. The Bertz CT molecular complexity index is 1110. The van der Waals surface area contributed by atoms with Crippen molar-refractivity contribution in [3.63, 3.8) is 0 Å². The van der Waals surface area contributed by atoms with E-state index in [1.165, 1.54) is 11.1 Å². The zero-order valence-corrected chi connectivity index (χ0v) is 21.3. The molecule has 6 fully saturated rings. The van der Waals surface area contributed by atoms with Crippen LogP contribution < -0.4 is 0 Å². The van der Waals surface area contributed by atoms with Gasteiger partial charge in [0.1, 0.15) is 12.2 Å². The van der Waals surface area contributed by atoms with Crippen molar-refractivity contribution in [1.82, 2.24) is 0 Å². The number of allylic oxidation sites excluding steroid dienone is 2. The Balaban J connectivity index is 1.37. The van der Waals surface area contributed by atoms with Crippen LogP contribution >= 0.6 is 0 Å². The molecule has 7 aliphatic rings. The quantitative estimate of drug-likeness (QED) is 0.305. The minimum atomic E-state index is -0.725. The molecule has 1 N–H and O–H groups in total. The number of carbonyl (C=O) groups excluding carboxylic acids is 2. The summed E-state index contributed by atoms with van der Waals surface area (Å²) in [6.07, 6.45) is 6.42. The highest BCUT2D eigenvalue weighted by molar-refractivity contribution is 5.91. The van der Waals surface area contributed by atoms with E-state index in [9.17, 15) is 14.7 Å². The van der Waals surface area contributed by atoms with Crippen molar-refractivity contribution in [2.45, 2.75) is 89.9 Å². The van der Waals surface area contributed by atoms with E-state index in [2.05, 4.69) is 27.0 Å². The second-order valence-corrected chi connectivity index (χ2v) is 13.4. The molecule has 5 aliphatic carbocycles. The zero-order valence-electron chi connectivity index (χ0n) is 21.3. The normalized spacial score (nSPS) is 54.3. The maximum Gasteiger partial charge on any atom is 0.334 e. The van der Waals surface area contributed by atoms with Crippen LogP contribution in [0.4, 0.5) is 0 Å². The summed E-state index contributed by atoms with van der Waals surface area (Å²) in [6.45, 7) is 15.1. The summed E-state index contributed by atoms with van der Waals surface area (Å²) in [6, 6.07) is 0. The molecular formula is C30H38O5. The molecule has 7 rings (SSSR count). The molecule has 2 bridgehead atoms. The number of esters is 2. The largest absolute Gasteiger partial charge is 0.461 e. The van der Waals surface area contributed by atoms with Crippen LogP contribution in [-0.2, 0) is 19.1 Å². The fourth-order valence-electron chi connectivity index (χ4n) is 10.6. The van der Waals surface area contributed by atoms with Crippen molar-refractivity contribution >= 4 is 11.9 Å². The van der Waals surface area contributed by atoms with Crippen LogP contribution in [0.2, 0.25) is 0 Å². The Morgan fingerprint density at radius 1 is 0.971 bits per heavy atom. The molecular weight excluding hydrogens is 440 g/mol. The highest BCUT2D eigenvalue weighted by Gasteiger charge is 2.77. The van der Waals surface area contributed by atoms with Gasteiger partial charge in [0.15, 0.2) is 0 Å². The van der Waals surface area contributed by atoms with E-state index >= 15 is 0 Å². The third-order valence-electron chi connectivity index (χ3n) is 12.3. The lowest BCUT2D eigenvalue weighted by atomic mass is 9.49.